The maximum atomic E-state index is 11.4. The Morgan fingerprint density at radius 1 is 1.16 bits per heavy atom. The van der Waals surface area contributed by atoms with Gasteiger partial charge in [-0.2, -0.15) is 15.0 Å². The van der Waals surface area contributed by atoms with E-state index < -0.39 is 10.0 Å². The number of nitrogens with zero attached hydrogens (tertiary/aromatic N) is 3. The third-order valence-electron chi connectivity index (χ3n) is 2.07. The van der Waals surface area contributed by atoms with Crippen molar-refractivity contribution < 1.29 is 8.42 Å². The molecule has 0 unspecified atom stereocenters. The predicted octanol–water partition coefficient (Wildman–Crippen LogP) is 0.498. The third kappa shape index (κ3) is 3.28. The van der Waals surface area contributed by atoms with Crippen LogP contribution in [0.1, 0.15) is 0 Å². The first kappa shape index (κ1) is 13.5. The average molecular weight is 301 g/mol. The number of sulfonamides is 1. The topological polar surface area (TPSA) is 137 Å². The molecule has 0 bridgehead atoms. The maximum absolute atomic E-state index is 11.4. The molecule has 0 saturated carbocycles. The van der Waals surface area contributed by atoms with E-state index in [1.165, 1.54) is 12.1 Å². The van der Waals surface area contributed by atoms with Gasteiger partial charge in [-0.15, -0.1) is 0 Å². The standard InChI is InChI=1S/C9H9ClN6O2S/c10-7-14-8(11)16-9(15-7)13-5-3-1-2-4-6(5)19(12,17)18/h1-4H,(H2,12,17,18)(H3,11,13,14,15,16). The van der Waals surface area contributed by atoms with Crippen molar-refractivity contribution in [2.75, 3.05) is 11.1 Å². The summed E-state index contributed by atoms with van der Waals surface area (Å²) in [6.45, 7) is 0. The number of para-hydroxylation sites is 1. The Morgan fingerprint density at radius 3 is 2.47 bits per heavy atom. The van der Waals surface area contributed by atoms with E-state index in [4.69, 9.17) is 22.5 Å². The van der Waals surface area contributed by atoms with Crippen LogP contribution in [0.5, 0.6) is 0 Å². The van der Waals surface area contributed by atoms with E-state index in [1.807, 2.05) is 0 Å². The van der Waals surface area contributed by atoms with Gasteiger partial charge < -0.3 is 11.1 Å². The molecule has 0 spiro atoms. The van der Waals surface area contributed by atoms with Crippen molar-refractivity contribution in [3.63, 3.8) is 0 Å². The Balaban J connectivity index is 2.44. The molecule has 0 aliphatic rings. The second-order valence-electron chi connectivity index (χ2n) is 3.45. The van der Waals surface area contributed by atoms with Crippen LogP contribution in [0.4, 0.5) is 17.6 Å². The Hall–Kier alpha value is -1.97. The zero-order chi connectivity index (χ0) is 14.0. The molecule has 1 aromatic carbocycles. The summed E-state index contributed by atoms with van der Waals surface area (Å²) in [5, 5.41) is 7.67. The van der Waals surface area contributed by atoms with Gasteiger partial charge in [0.05, 0.1) is 5.69 Å². The van der Waals surface area contributed by atoms with Crippen molar-refractivity contribution in [2.24, 2.45) is 5.14 Å². The van der Waals surface area contributed by atoms with E-state index >= 15 is 0 Å². The molecule has 0 saturated heterocycles. The fourth-order valence-corrected chi connectivity index (χ4v) is 2.22. The summed E-state index contributed by atoms with van der Waals surface area (Å²) < 4.78 is 22.8. The van der Waals surface area contributed by atoms with Gasteiger partial charge in [0.15, 0.2) is 0 Å². The highest BCUT2D eigenvalue weighted by atomic mass is 35.5. The molecule has 0 aliphatic carbocycles. The van der Waals surface area contributed by atoms with Gasteiger partial charge in [-0.25, -0.2) is 13.6 Å². The van der Waals surface area contributed by atoms with Crippen molar-refractivity contribution in [1.29, 1.82) is 0 Å². The largest absolute Gasteiger partial charge is 0.368 e. The zero-order valence-electron chi connectivity index (χ0n) is 9.41. The van der Waals surface area contributed by atoms with Crippen LogP contribution in [0.3, 0.4) is 0 Å². The number of anilines is 3. The van der Waals surface area contributed by atoms with Crippen molar-refractivity contribution in [3.05, 3.63) is 29.5 Å². The third-order valence-corrected chi connectivity index (χ3v) is 3.20. The van der Waals surface area contributed by atoms with Crippen LogP contribution in [-0.2, 0) is 10.0 Å². The maximum Gasteiger partial charge on any atom is 0.240 e. The smallest absolute Gasteiger partial charge is 0.240 e. The van der Waals surface area contributed by atoms with Gasteiger partial charge in [0.2, 0.25) is 27.2 Å². The summed E-state index contributed by atoms with van der Waals surface area (Å²) in [5.41, 5.74) is 5.62. The van der Waals surface area contributed by atoms with Crippen molar-refractivity contribution in [2.45, 2.75) is 4.90 Å². The number of benzene rings is 1. The van der Waals surface area contributed by atoms with Crippen LogP contribution in [0.2, 0.25) is 5.28 Å². The van der Waals surface area contributed by atoms with Crippen molar-refractivity contribution in [1.82, 2.24) is 15.0 Å². The molecule has 100 valence electrons. The van der Waals surface area contributed by atoms with E-state index in [2.05, 4.69) is 20.3 Å². The SMILES string of the molecule is Nc1nc(Cl)nc(Nc2ccccc2S(N)(=O)=O)n1. The van der Waals surface area contributed by atoms with Gasteiger partial charge in [-0.05, 0) is 23.7 Å². The van der Waals surface area contributed by atoms with Crippen LogP contribution in [0, 0.1) is 0 Å². The molecule has 0 radical (unpaired) electrons. The number of hydrogen-bond acceptors (Lipinski definition) is 7. The number of primary sulfonamides is 1. The summed E-state index contributed by atoms with van der Waals surface area (Å²) >= 11 is 5.62. The van der Waals surface area contributed by atoms with Crippen LogP contribution in [0.25, 0.3) is 0 Å². The fraction of sp³-hybridized carbons (Fsp3) is 0. The van der Waals surface area contributed by atoms with Gasteiger partial charge in [0.1, 0.15) is 4.90 Å². The number of nitrogen functional groups attached to an aromatic ring is 1. The average Bonchev–Trinajstić information content (AvgIpc) is 2.26. The minimum Gasteiger partial charge on any atom is -0.368 e. The van der Waals surface area contributed by atoms with Gasteiger partial charge >= 0.3 is 0 Å². The molecule has 8 nitrogen and oxygen atoms in total. The molecule has 0 atom stereocenters. The minimum atomic E-state index is -3.87. The second kappa shape index (κ2) is 4.96. The number of hydrogen-bond donors (Lipinski definition) is 3. The highest BCUT2D eigenvalue weighted by Gasteiger charge is 2.14. The van der Waals surface area contributed by atoms with Gasteiger partial charge in [-0.3, -0.25) is 0 Å². The zero-order valence-corrected chi connectivity index (χ0v) is 11.0. The fourth-order valence-electron chi connectivity index (χ4n) is 1.36. The van der Waals surface area contributed by atoms with E-state index in [9.17, 15) is 8.42 Å². The number of aromatic nitrogens is 3. The summed E-state index contributed by atoms with van der Waals surface area (Å²) in [6, 6.07) is 6.03. The van der Waals surface area contributed by atoms with Gasteiger partial charge in [0.25, 0.3) is 0 Å². The molecule has 0 aliphatic heterocycles. The quantitative estimate of drug-likeness (QED) is 0.750. The molecular weight excluding hydrogens is 292 g/mol. The molecule has 0 fully saturated rings. The molecule has 2 rings (SSSR count). The lowest BCUT2D eigenvalue weighted by atomic mass is 10.3. The second-order valence-corrected chi connectivity index (χ2v) is 5.32. The summed E-state index contributed by atoms with van der Waals surface area (Å²) in [4.78, 5) is 11.0. The Labute approximate surface area is 113 Å². The first-order chi connectivity index (χ1) is 8.86. The minimum absolute atomic E-state index is 0.0219. The summed E-state index contributed by atoms with van der Waals surface area (Å²) in [7, 11) is -3.87. The first-order valence-corrected chi connectivity index (χ1v) is 6.84. The molecule has 1 aromatic heterocycles. The van der Waals surface area contributed by atoms with Crippen LogP contribution < -0.4 is 16.2 Å². The van der Waals surface area contributed by atoms with Crippen molar-refractivity contribution in [3.8, 4) is 0 Å². The Bertz CT molecular complexity index is 700. The van der Waals surface area contributed by atoms with Crippen LogP contribution in [0.15, 0.2) is 29.2 Å². The Morgan fingerprint density at radius 2 is 1.84 bits per heavy atom. The molecule has 1 heterocycles. The number of nitrogens with two attached hydrogens (primary N) is 2. The summed E-state index contributed by atoms with van der Waals surface area (Å²) in [6.07, 6.45) is 0. The van der Waals surface area contributed by atoms with Crippen LogP contribution >= 0.6 is 11.6 Å². The number of nitrogens with one attached hydrogen (secondary N) is 1. The molecule has 0 amide bonds. The van der Waals surface area contributed by atoms with E-state index in [1.54, 1.807) is 12.1 Å². The summed E-state index contributed by atoms with van der Waals surface area (Å²) in [5.74, 6) is -0.0656. The van der Waals surface area contributed by atoms with Crippen LogP contribution in [-0.4, -0.2) is 23.4 Å². The number of halogens is 1. The predicted molar refractivity (Wildman–Crippen MR) is 70.3 cm³/mol. The lowest BCUT2D eigenvalue weighted by molar-refractivity contribution is 0.598. The highest BCUT2D eigenvalue weighted by molar-refractivity contribution is 7.89. The lowest BCUT2D eigenvalue weighted by Crippen LogP contribution is -2.14. The lowest BCUT2D eigenvalue weighted by Gasteiger charge is -2.09. The molecule has 2 aromatic rings. The molecule has 10 heteroatoms. The van der Waals surface area contributed by atoms with Gasteiger partial charge in [-0.1, -0.05) is 12.1 Å². The van der Waals surface area contributed by atoms with E-state index in [0.29, 0.717) is 0 Å². The van der Waals surface area contributed by atoms with Crippen molar-refractivity contribution >= 4 is 39.2 Å². The van der Waals surface area contributed by atoms with E-state index in [-0.39, 0.29) is 27.8 Å². The van der Waals surface area contributed by atoms with E-state index in [0.717, 1.165) is 0 Å². The Kier molecular flexibility index (Phi) is 3.51. The molecule has 5 N–H and O–H groups in total. The highest BCUT2D eigenvalue weighted by Crippen LogP contribution is 2.22. The first-order valence-electron chi connectivity index (χ1n) is 4.92. The molecular formula is C9H9ClN6O2S. The number of rotatable bonds is 3. The monoisotopic (exact) mass is 300 g/mol. The molecule has 19 heavy (non-hydrogen) atoms. The normalized spacial score (nSPS) is 11.3. The van der Waals surface area contributed by atoms with Gasteiger partial charge in [0, 0.05) is 0 Å².